The molecule has 8 nitrogen and oxygen atoms in total. The van der Waals surface area contributed by atoms with Crippen LogP contribution in [0.4, 0.5) is 0 Å². The van der Waals surface area contributed by atoms with Crippen molar-refractivity contribution in [2.45, 2.75) is 123 Å². The summed E-state index contributed by atoms with van der Waals surface area (Å²) < 4.78 is 18.4. The Kier molecular flexibility index (Phi) is 13.3. The van der Waals surface area contributed by atoms with Crippen LogP contribution in [-0.2, 0) is 23.8 Å². The maximum absolute atomic E-state index is 13.1. The van der Waals surface area contributed by atoms with Gasteiger partial charge in [-0.1, -0.05) is 58.8 Å². The van der Waals surface area contributed by atoms with Gasteiger partial charge in [-0.25, -0.2) is 0 Å². The lowest BCUT2D eigenvalue weighted by molar-refractivity contribution is -0.283. The molecule has 0 aliphatic carbocycles. The molecule has 0 radical (unpaired) electrons. The zero-order chi connectivity index (χ0) is 29.4. The lowest BCUT2D eigenvalue weighted by Gasteiger charge is -2.44. The number of cyclic esters (lactones) is 1. The molecule has 1 unspecified atom stereocenters. The highest BCUT2D eigenvalue weighted by molar-refractivity contribution is 5.91. The number of carbonyl (C=O) groups excluding carboxylic acids is 2. The van der Waals surface area contributed by atoms with E-state index in [1.165, 1.54) is 0 Å². The lowest BCUT2D eigenvalue weighted by Crippen LogP contribution is -2.56. The molecular formula is C31H53NO7. The van der Waals surface area contributed by atoms with Crippen molar-refractivity contribution in [2.24, 2.45) is 23.7 Å². The molecule has 2 aliphatic heterocycles. The molecule has 1 saturated heterocycles. The van der Waals surface area contributed by atoms with E-state index >= 15 is 0 Å². The van der Waals surface area contributed by atoms with E-state index in [2.05, 4.69) is 0 Å². The van der Waals surface area contributed by atoms with Gasteiger partial charge >= 0.3 is 5.97 Å². The molecule has 0 bridgehead atoms. The fraction of sp³-hybridized carbons (Fsp3) is 0.806. The van der Waals surface area contributed by atoms with Crippen LogP contribution in [0.3, 0.4) is 0 Å². The Balaban J connectivity index is 2.43. The molecule has 224 valence electrons. The topological polar surface area (TPSA) is 106 Å². The summed E-state index contributed by atoms with van der Waals surface area (Å²) in [6, 6.07) is -0.143. The van der Waals surface area contributed by atoms with Crippen LogP contribution in [0.1, 0.15) is 80.6 Å². The summed E-state index contributed by atoms with van der Waals surface area (Å²) in [5.74, 6) is -1.32. The second-order valence-electron chi connectivity index (χ2n) is 12.1. The van der Waals surface area contributed by atoms with Gasteiger partial charge in [0.25, 0.3) is 0 Å². The summed E-state index contributed by atoms with van der Waals surface area (Å²) in [6.07, 6.45) is 4.02. The highest BCUT2D eigenvalue weighted by atomic mass is 16.7. The molecule has 39 heavy (non-hydrogen) atoms. The Bertz CT molecular complexity index is 856. The second kappa shape index (κ2) is 15.4. The van der Waals surface area contributed by atoms with Gasteiger partial charge in [-0.15, -0.1) is 0 Å². The Morgan fingerprint density at radius 2 is 1.69 bits per heavy atom. The van der Waals surface area contributed by atoms with E-state index in [1.54, 1.807) is 6.08 Å². The number of nitrogens with zero attached hydrogens (tertiary/aromatic N) is 1. The fourth-order valence-electron chi connectivity index (χ4n) is 5.89. The zero-order valence-electron chi connectivity index (χ0n) is 25.5. The van der Waals surface area contributed by atoms with E-state index in [4.69, 9.17) is 14.2 Å². The van der Waals surface area contributed by atoms with Gasteiger partial charge in [-0.2, -0.15) is 0 Å². The first-order valence-electron chi connectivity index (χ1n) is 14.7. The van der Waals surface area contributed by atoms with Crippen LogP contribution in [0.5, 0.6) is 0 Å². The van der Waals surface area contributed by atoms with Crippen molar-refractivity contribution in [2.75, 3.05) is 14.1 Å². The van der Waals surface area contributed by atoms with Gasteiger partial charge < -0.3 is 29.3 Å². The maximum Gasteiger partial charge on any atom is 0.308 e. The van der Waals surface area contributed by atoms with E-state index in [0.717, 1.165) is 5.57 Å². The molecule has 11 atom stereocenters. The van der Waals surface area contributed by atoms with Crippen LogP contribution in [-0.4, -0.2) is 83.8 Å². The zero-order valence-corrected chi connectivity index (χ0v) is 25.5. The summed E-state index contributed by atoms with van der Waals surface area (Å²) in [4.78, 5) is 28.0. The Morgan fingerprint density at radius 3 is 2.28 bits per heavy atom. The number of esters is 1. The molecule has 8 heteroatoms. The summed E-state index contributed by atoms with van der Waals surface area (Å²) >= 11 is 0. The summed E-state index contributed by atoms with van der Waals surface area (Å²) in [6.45, 7) is 13.6. The minimum absolute atomic E-state index is 0.0293. The van der Waals surface area contributed by atoms with E-state index < -0.39 is 36.5 Å². The van der Waals surface area contributed by atoms with Crippen molar-refractivity contribution in [3.8, 4) is 0 Å². The van der Waals surface area contributed by atoms with E-state index in [0.29, 0.717) is 25.7 Å². The normalized spacial score (nSPS) is 42.1. The van der Waals surface area contributed by atoms with Gasteiger partial charge in [-0.05, 0) is 59.2 Å². The number of aliphatic hydroxyl groups is 2. The van der Waals surface area contributed by atoms with Crippen molar-refractivity contribution >= 4 is 11.8 Å². The number of ether oxygens (including phenoxy) is 3. The van der Waals surface area contributed by atoms with E-state index in [9.17, 15) is 19.8 Å². The van der Waals surface area contributed by atoms with Gasteiger partial charge in [0.1, 0.15) is 12.2 Å². The van der Waals surface area contributed by atoms with Crippen LogP contribution in [0.25, 0.3) is 0 Å². The number of aliphatic hydroxyl groups excluding tert-OH is 2. The predicted octanol–water partition coefficient (Wildman–Crippen LogP) is 4.28. The van der Waals surface area contributed by atoms with Crippen LogP contribution >= 0.6 is 0 Å². The summed E-state index contributed by atoms with van der Waals surface area (Å²) in [5, 5.41) is 22.4. The highest BCUT2D eigenvalue weighted by Gasteiger charge is 2.43. The Hall–Kier alpha value is -1.58. The van der Waals surface area contributed by atoms with Gasteiger partial charge in [0.2, 0.25) is 0 Å². The third-order valence-corrected chi connectivity index (χ3v) is 8.51. The Labute approximate surface area is 235 Å². The number of rotatable bonds is 5. The largest absolute Gasteiger partial charge is 0.462 e. The van der Waals surface area contributed by atoms with Crippen molar-refractivity contribution < 1.29 is 34.0 Å². The molecule has 2 heterocycles. The molecule has 2 rings (SSSR count). The van der Waals surface area contributed by atoms with E-state index in [1.807, 2.05) is 79.6 Å². The van der Waals surface area contributed by atoms with E-state index in [-0.39, 0.29) is 48.2 Å². The number of likely N-dealkylation sites (N-methyl/N-ethyl adjacent to an activating group) is 1. The molecule has 0 spiro atoms. The third-order valence-electron chi connectivity index (χ3n) is 8.51. The van der Waals surface area contributed by atoms with Crippen molar-refractivity contribution in [1.82, 2.24) is 4.90 Å². The lowest BCUT2D eigenvalue weighted by atomic mass is 9.80. The number of ketones is 1. The molecule has 2 N–H and O–H groups in total. The minimum atomic E-state index is -1.02. The molecule has 0 aromatic heterocycles. The van der Waals surface area contributed by atoms with Crippen LogP contribution in [0.15, 0.2) is 23.8 Å². The first kappa shape index (κ1) is 33.6. The first-order chi connectivity index (χ1) is 18.3. The van der Waals surface area contributed by atoms with Crippen LogP contribution < -0.4 is 0 Å². The number of hydrogen-bond donors (Lipinski definition) is 2. The average Bonchev–Trinajstić information content (AvgIpc) is 2.87. The first-order valence-corrected chi connectivity index (χ1v) is 14.7. The Morgan fingerprint density at radius 1 is 1.03 bits per heavy atom. The molecular weight excluding hydrogens is 498 g/mol. The van der Waals surface area contributed by atoms with Crippen LogP contribution in [0.2, 0.25) is 0 Å². The van der Waals surface area contributed by atoms with Crippen molar-refractivity contribution in [1.29, 1.82) is 0 Å². The summed E-state index contributed by atoms with van der Waals surface area (Å²) in [7, 11) is 3.84. The van der Waals surface area contributed by atoms with Crippen molar-refractivity contribution in [3.05, 3.63) is 23.8 Å². The highest BCUT2D eigenvalue weighted by Crippen LogP contribution is 2.34. The van der Waals surface area contributed by atoms with Crippen LogP contribution in [0, 0.1) is 23.7 Å². The quantitative estimate of drug-likeness (QED) is 0.488. The standard InChI is InChI=1S/C31H53NO7/c1-10-23-15-19(4)25(33)13-12-18(3)14-20(5)27(11-2)38-28(35)17-26(34)22(7)30(23)39-31-29(36)24(32(8)9)16-21(6)37-31/h12-14,19-24,26-27,29-31,34,36H,10-11,15-17H2,1-9H3/b13-12+,18-14+/t19-,20+,21-,22+,23?,24+,26-,27-,29+,30-,31+/m1/s1. The second-order valence-corrected chi connectivity index (χ2v) is 12.1. The molecule has 0 aromatic rings. The molecule has 2 aliphatic rings. The van der Waals surface area contributed by atoms with Gasteiger partial charge in [-0.3, -0.25) is 9.59 Å². The van der Waals surface area contributed by atoms with Crippen molar-refractivity contribution in [3.63, 3.8) is 0 Å². The SMILES string of the molecule is CCC1C[C@@H](C)C(=O)/C=C/C(C)=C/[C@H](C)[C@@H](CC)OC(=O)C[C@@H](O)[C@H](C)[C@H]1O[C@@H]1O[C@H](C)C[C@H](N(C)C)[C@@H]1O. The molecule has 0 amide bonds. The molecule has 1 fully saturated rings. The van der Waals surface area contributed by atoms with Gasteiger partial charge in [0, 0.05) is 23.8 Å². The molecule has 0 saturated carbocycles. The van der Waals surface area contributed by atoms with Gasteiger partial charge in [0.15, 0.2) is 12.1 Å². The maximum atomic E-state index is 13.1. The van der Waals surface area contributed by atoms with Gasteiger partial charge in [0.05, 0.1) is 24.7 Å². The number of allylic oxidation sites excluding steroid dienone is 3. The fourth-order valence-corrected chi connectivity index (χ4v) is 5.89. The summed E-state index contributed by atoms with van der Waals surface area (Å²) in [5.41, 5.74) is 0.930. The number of hydrogen-bond acceptors (Lipinski definition) is 8. The molecule has 0 aromatic carbocycles. The third kappa shape index (κ3) is 9.49. The average molecular weight is 552 g/mol. The number of carbonyl (C=O) groups is 2. The monoisotopic (exact) mass is 551 g/mol. The smallest absolute Gasteiger partial charge is 0.308 e. The predicted molar refractivity (Wildman–Crippen MR) is 152 cm³/mol. The minimum Gasteiger partial charge on any atom is -0.462 e.